The summed E-state index contributed by atoms with van der Waals surface area (Å²) >= 11 is 5.34. The van der Waals surface area contributed by atoms with Crippen molar-refractivity contribution in [1.82, 2.24) is 14.9 Å². The number of aromatic nitrogens is 2. The van der Waals surface area contributed by atoms with Crippen LogP contribution in [0.4, 0.5) is 0 Å². The molecule has 4 rings (SSSR count). The molecule has 0 amide bonds. The van der Waals surface area contributed by atoms with Crippen molar-refractivity contribution in [2.45, 2.75) is 42.7 Å². The van der Waals surface area contributed by atoms with Crippen molar-refractivity contribution in [2.24, 2.45) is 0 Å². The number of hydrogen-bond acceptors (Lipinski definition) is 8. The molecule has 2 aliphatic rings. The van der Waals surface area contributed by atoms with E-state index in [-0.39, 0.29) is 5.60 Å². The minimum atomic E-state index is -0.0900. The molecule has 2 aliphatic heterocycles. The maximum Gasteiger partial charge on any atom is 0.188 e. The predicted octanol–water partition coefficient (Wildman–Crippen LogP) is 3.69. The van der Waals surface area contributed by atoms with Gasteiger partial charge in [-0.3, -0.25) is 4.90 Å². The molecule has 4 heterocycles. The Morgan fingerprint density at radius 1 is 1.23 bits per heavy atom. The minimum absolute atomic E-state index is 0.0900. The molecule has 0 radical (unpaired) electrons. The van der Waals surface area contributed by atoms with Crippen LogP contribution in [-0.4, -0.2) is 65.3 Å². The Hall–Kier alpha value is -0.380. The maximum atomic E-state index is 6.05. The van der Waals surface area contributed by atoms with E-state index < -0.39 is 0 Å². The van der Waals surface area contributed by atoms with Crippen LogP contribution in [0, 0.1) is 0 Å². The molecular weight excluding hydrogens is 386 g/mol. The lowest BCUT2D eigenvalue weighted by atomic mass is 9.98. The Morgan fingerprint density at radius 3 is 2.81 bits per heavy atom. The molecule has 1 fully saturated rings. The Morgan fingerprint density at radius 2 is 2.04 bits per heavy atom. The van der Waals surface area contributed by atoms with Gasteiger partial charge >= 0.3 is 0 Å². The van der Waals surface area contributed by atoms with E-state index in [1.165, 1.54) is 15.1 Å². The third-order valence-electron chi connectivity index (χ3n) is 4.79. The third-order valence-corrected chi connectivity index (χ3v) is 7.65. The zero-order chi connectivity index (χ0) is 18.1. The normalized spacial score (nSPS) is 20.4. The van der Waals surface area contributed by atoms with Crippen molar-refractivity contribution < 1.29 is 9.47 Å². The molecule has 0 unspecified atom stereocenters. The first-order valence-electron chi connectivity index (χ1n) is 8.99. The van der Waals surface area contributed by atoms with E-state index in [9.17, 15) is 0 Å². The average Bonchev–Trinajstić information content (AvgIpc) is 2.98. The molecule has 0 atom stereocenters. The van der Waals surface area contributed by atoms with Gasteiger partial charge in [0.2, 0.25) is 0 Å². The summed E-state index contributed by atoms with van der Waals surface area (Å²) in [6.45, 7) is 9.85. The van der Waals surface area contributed by atoms with Gasteiger partial charge in [0, 0.05) is 42.2 Å². The SMILES string of the molecule is CSc1nc(SCCN2CCOCC2)c2sc3c(c2n1)COC(C)(C)C3. The summed E-state index contributed by atoms with van der Waals surface area (Å²) < 4.78 is 12.7. The number of fused-ring (bicyclic) bond motifs is 3. The number of ether oxygens (including phenoxy) is 2. The summed E-state index contributed by atoms with van der Waals surface area (Å²) in [4.78, 5) is 13.5. The molecule has 0 N–H and O–H groups in total. The van der Waals surface area contributed by atoms with Crippen LogP contribution < -0.4 is 0 Å². The standard InChI is InChI=1S/C18H25N3O2S3/c1-18(2)10-13-12(11-23-18)14-15(26-13)16(20-17(19-14)24-3)25-9-6-21-4-7-22-8-5-21/h4-11H2,1-3H3. The lowest BCUT2D eigenvalue weighted by Crippen LogP contribution is -2.37. The van der Waals surface area contributed by atoms with E-state index in [0.29, 0.717) is 6.61 Å². The van der Waals surface area contributed by atoms with Crippen LogP contribution in [0.1, 0.15) is 24.3 Å². The molecule has 8 heteroatoms. The lowest BCUT2D eigenvalue weighted by molar-refractivity contribution is -0.0383. The van der Waals surface area contributed by atoms with Gasteiger partial charge in [0.05, 0.1) is 35.6 Å². The van der Waals surface area contributed by atoms with Gasteiger partial charge < -0.3 is 9.47 Å². The second-order valence-corrected chi connectivity index (χ2v) is 10.2. The fourth-order valence-electron chi connectivity index (χ4n) is 3.31. The van der Waals surface area contributed by atoms with Gasteiger partial charge in [-0.1, -0.05) is 11.8 Å². The maximum absolute atomic E-state index is 6.05. The van der Waals surface area contributed by atoms with Crippen LogP contribution in [0.15, 0.2) is 10.2 Å². The topological polar surface area (TPSA) is 47.5 Å². The van der Waals surface area contributed by atoms with Crippen molar-refractivity contribution in [3.8, 4) is 0 Å². The van der Waals surface area contributed by atoms with Crippen molar-refractivity contribution in [3.05, 3.63) is 10.4 Å². The number of morpholine rings is 1. The average molecular weight is 412 g/mol. The summed E-state index contributed by atoms with van der Waals surface area (Å²) in [6.07, 6.45) is 3.00. The van der Waals surface area contributed by atoms with Gasteiger partial charge in [-0.2, -0.15) is 0 Å². The smallest absolute Gasteiger partial charge is 0.188 e. The van der Waals surface area contributed by atoms with Crippen LogP contribution >= 0.6 is 34.9 Å². The highest BCUT2D eigenvalue weighted by molar-refractivity contribution is 7.99. The van der Waals surface area contributed by atoms with Crippen molar-refractivity contribution in [2.75, 3.05) is 44.9 Å². The van der Waals surface area contributed by atoms with Gasteiger partial charge in [-0.25, -0.2) is 9.97 Å². The largest absolute Gasteiger partial charge is 0.379 e. The third kappa shape index (κ3) is 4.05. The molecule has 5 nitrogen and oxygen atoms in total. The summed E-state index contributed by atoms with van der Waals surface area (Å²) in [7, 11) is 0. The van der Waals surface area contributed by atoms with E-state index in [4.69, 9.17) is 19.4 Å². The molecule has 0 bridgehead atoms. The van der Waals surface area contributed by atoms with Crippen molar-refractivity contribution in [1.29, 1.82) is 0 Å². The number of thiophene rings is 1. The molecule has 1 saturated heterocycles. The fraction of sp³-hybridized carbons (Fsp3) is 0.667. The second-order valence-electron chi connectivity index (χ2n) is 7.22. The molecule has 142 valence electrons. The van der Waals surface area contributed by atoms with E-state index in [1.807, 2.05) is 29.4 Å². The number of hydrogen-bond donors (Lipinski definition) is 0. The molecular formula is C18H25N3O2S3. The molecule has 26 heavy (non-hydrogen) atoms. The monoisotopic (exact) mass is 411 g/mol. The summed E-state index contributed by atoms with van der Waals surface area (Å²) in [5.74, 6) is 1.05. The van der Waals surface area contributed by atoms with Gasteiger partial charge in [0.25, 0.3) is 0 Å². The van der Waals surface area contributed by atoms with E-state index in [1.54, 1.807) is 11.8 Å². The first kappa shape index (κ1) is 19.0. The molecule has 0 saturated carbocycles. The van der Waals surface area contributed by atoms with Crippen LogP contribution in [0.5, 0.6) is 0 Å². The predicted molar refractivity (Wildman–Crippen MR) is 110 cm³/mol. The Bertz CT molecular complexity index is 788. The molecule has 2 aromatic rings. The van der Waals surface area contributed by atoms with Crippen LogP contribution in [0.3, 0.4) is 0 Å². The number of thioether (sulfide) groups is 2. The first-order valence-corrected chi connectivity index (χ1v) is 12.0. The molecule has 0 aromatic carbocycles. The zero-order valence-corrected chi connectivity index (χ0v) is 18.0. The first-order chi connectivity index (χ1) is 12.6. The van der Waals surface area contributed by atoms with E-state index in [0.717, 1.165) is 60.7 Å². The molecule has 0 spiro atoms. The highest BCUT2D eigenvalue weighted by Crippen LogP contribution is 2.41. The van der Waals surface area contributed by atoms with Gasteiger partial charge in [-0.15, -0.1) is 23.1 Å². The van der Waals surface area contributed by atoms with Crippen molar-refractivity contribution in [3.63, 3.8) is 0 Å². The van der Waals surface area contributed by atoms with Gasteiger partial charge in [-0.05, 0) is 20.1 Å². The summed E-state index contributed by atoms with van der Waals surface area (Å²) in [6, 6.07) is 0. The highest BCUT2D eigenvalue weighted by atomic mass is 32.2. The lowest BCUT2D eigenvalue weighted by Gasteiger charge is -2.29. The van der Waals surface area contributed by atoms with Crippen LogP contribution in [0.2, 0.25) is 0 Å². The molecule has 2 aromatic heterocycles. The van der Waals surface area contributed by atoms with E-state index in [2.05, 4.69) is 18.7 Å². The van der Waals surface area contributed by atoms with Gasteiger partial charge in [0.15, 0.2) is 5.16 Å². The minimum Gasteiger partial charge on any atom is -0.379 e. The number of nitrogens with zero attached hydrogens (tertiary/aromatic N) is 3. The zero-order valence-electron chi connectivity index (χ0n) is 15.5. The number of rotatable bonds is 5. The highest BCUT2D eigenvalue weighted by Gasteiger charge is 2.30. The Labute approximate surface area is 167 Å². The Kier molecular flexibility index (Phi) is 5.78. The second kappa shape index (κ2) is 7.93. The summed E-state index contributed by atoms with van der Waals surface area (Å²) in [5.41, 5.74) is 2.29. The summed E-state index contributed by atoms with van der Waals surface area (Å²) in [5, 5.41) is 1.99. The van der Waals surface area contributed by atoms with Gasteiger partial charge in [0.1, 0.15) is 5.03 Å². The fourth-order valence-corrected chi connectivity index (χ4v) is 6.30. The quantitative estimate of drug-likeness (QED) is 0.422. The van der Waals surface area contributed by atoms with Crippen LogP contribution in [-0.2, 0) is 22.5 Å². The van der Waals surface area contributed by atoms with Crippen molar-refractivity contribution >= 4 is 45.1 Å². The Balaban J connectivity index is 1.58. The van der Waals surface area contributed by atoms with E-state index >= 15 is 0 Å². The molecule has 0 aliphatic carbocycles. The van der Waals surface area contributed by atoms with Crippen LogP contribution in [0.25, 0.3) is 10.2 Å².